The molecule has 0 heterocycles. The SMILES string of the molecule is CCC(C)C(N)C(=O)NC(CCSC)C(=O)NC(CCSC)C(=O)NC(CO)C(=O)O. The zero-order chi connectivity index (χ0) is 24.0. The van der Waals surface area contributed by atoms with E-state index in [-0.39, 0.29) is 12.3 Å². The Balaban J connectivity index is 5.35. The van der Waals surface area contributed by atoms with Gasteiger partial charge in [-0.3, -0.25) is 14.4 Å². The second-order valence-electron chi connectivity index (χ2n) is 7.18. The molecule has 7 N–H and O–H groups in total. The Hall–Kier alpha value is -1.50. The molecule has 0 fully saturated rings. The molecule has 0 spiro atoms. The van der Waals surface area contributed by atoms with Crippen molar-refractivity contribution in [1.82, 2.24) is 16.0 Å². The molecule has 0 rings (SSSR count). The highest BCUT2D eigenvalue weighted by molar-refractivity contribution is 7.98. The first kappa shape index (κ1) is 29.5. The summed E-state index contributed by atoms with van der Waals surface area (Å²) in [5, 5.41) is 25.7. The first-order chi connectivity index (χ1) is 14.6. The minimum absolute atomic E-state index is 0.0594. The zero-order valence-electron chi connectivity index (χ0n) is 18.6. The van der Waals surface area contributed by atoms with Gasteiger partial charge < -0.3 is 31.9 Å². The summed E-state index contributed by atoms with van der Waals surface area (Å²) in [6, 6.07) is -4.12. The number of aliphatic hydroxyl groups is 1. The molecule has 0 radical (unpaired) electrons. The molecule has 12 heteroatoms. The normalized spacial score (nSPS) is 15.8. The second-order valence-corrected chi connectivity index (χ2v) is 9.15. The number of thioether (sulfide) groups is 2. The molecular formula is C19H36N4O6S2. The summed E-state index contributed by atoms with van der Waals surface area (Å²) in [6.45, 7) is 3.00. The van der Waals surface area contributed by atoms with Crippen LogP contribution in [0.25, 0.3) is 0 Å². The number of rotatable bonds is 16. The van der Waals surface area contributed by atoms with Crippen LogP contribution in [0.4, 0.5) is 0 Å². The number of carboxylic acids is 1. The van der Waals surface area contributed by atoms with Crippen molar-refractivity contribution in [3.63, 3.8) is 0 Å². The number of nitrogens with two attached hydrogens (primary N) is 1. The van der Waals surface area contributed by atoms with Crippen molar-refractivity contribution in [2.45, 2.75) is 57.3 Å². The molecule has 5 unspecified atom stereocenters. The highest BCUT2D eigenvalue weighted by Crippen LogP contribution is 2.08. The monoisotopic (exact) mass is 480 g/mol. The molecule has 180 valence electrons. The van der Waals surface area contributed by atoms with E-state index in [0.717, 1.165) is 0 Å². The number of aliphatic carboxylic acids is 1. The zero-order valence-corrected chi connectivity index (χ0v) is 20.2. The van der Waals surface area contributed by atoms with Gasteiger partial charge >= 0.3 is 5.97 Å². The van der Waals surface area contributed by atoms with E-state index in [1.165, 1.54) is 23.5 Å². The number of hydrogen-bond donors (Lipinski definition) is 6. The number of carbonyl (C=O) groups excluding carboxylic acids is 3. The third kappa shape index (κ3) is 11.1. The van der Waals surface area contributed by atoms with Crippen LogP contribution in [0.15, 0.2) is 0 Å². The average molecular weight is 481 g/mol. The molecule has 3 amide bonds. The molecule has 5 atom stereocenters. The van der Waals surface area contributed by atoms with Crippen molar-refractivity contribution in [3.8, 4) is 0 Å². The quantitative estimate of drug-likeness (QED) is 0.169. The Labute approximate surface area is 192 Å². The number of amides is 3. The summed E-state index contributed by atoms with van der Waals surface area (Å²) in [6.07, 6.45) is 5.02. The molecule has 0 bridgehead atoms. The Bertz CT molecular complexity index is 596. The molecule has 0 aromatic heterocycles. The van der Waals surface area contributed by atoms with E-state index in [1.54, 1.807) is 0 Å². The molecule has 0 aliphatic heterocycles. The maximum absolute atomic E-state index is 12.9. The highest BCUT2D eigenvalue weighted by atomic mass is 32.2. The summed E-state index contributed by atoms with van der Waals surface area (Å²) >= 11 is 2.97. The van der Waals surface area contributed by atoms with Gasteiger partial charge in [-0.2, -0.15) is 23.5 Å². The van der Waals surface area contributed by atoms with E-state index >= 15 is 0 Å². The minimum Gasteiger partial charge on any atom is -0.480 e. The summed E-state index contributed by atoms with van der Waals surface area (Å²) in [4.78, 5) is 49.0. The smallest absolute Gasteiger partial charge is 0.328 e. The Kier molecular flexibility index (Phi) is 15.4. The van der Waals surface area contributed by atoms with Crippen molar-refractivity contribution in [2.75, 3.05) is 30.6 Å². The third-order valence-electron chi connectivity index (χ3n) is 4.84. The predicted octanol–water partition coefficient (Wildman–Crippen LogP) is -0.603. The van der Waals surface area contributed by atoms with Crippen LogP contribution in [0, 0.1) is 5.92 Å². The predicted molar refractivity (Wildman–Crippen MR) is 124 cm³/mol. The van der Waals surface area contributed by atoms with Crippen molar-refractivity contribution in [1.29, 1.82) is 0 Å². The largest absolute Gasteiger partial charge is 0.480 e. The van der Waals surface area contributed by atoms with Crippen LogP contribution in [0.5, 0.6) is 0 Å². The lowest BCUT2D eigenvalue weighted by atomic mass is 9.99. The fraction of sp³-hybridized carbons (Fsp3) is 0.789. The second kappa shape index (κ2) is 16.2. The van der Waals surface area contributed by atoms with Crippen molar-refractivity contribution in [3.05, 3.63) is 0 Å². The average Bonchev–Trinajstić information content (AvgIpc) is 2.75. The Morgan fingerprint density at radius 3 is 1.65 bits per heavy atom. The first-order valence-electron chi connectivity index (χ1n) is 10.1. The molecule has 31 heavy (non-hydrogen) atoms. The van der Waals surface area contributed by atoms with Gasteiger partial charge in [0.05, 0.1) is 12.6 Å². The van der Waals surface area contributed by atoms with Gasteiger partial charge in [0, 0.05) is 0 Å². The fourth-order valence-electron chi connectivity index (χ4n) is 2.52. The van der Waals surface area contributed by atoms with Crippen LogP contribution < -0.4 is 21.7 Å². The lowest BCUT2D eigenvalue weighted by Crippen LogP contribution is -2.58. The number of nitrogens with one attached hydrogen (secondary N) is 3. The van der Waals surface area contributed by atoms with E-state index in [9.17, 15) is 19.2 Å². The van der Waals surface area contributed by atoms with Gasteiger partial charge in [-0.25, -0.2) is 4.79 Å². The van der Waals surface area contributed by atoms with Gasteiger partial charge in [0.2, 0.25) is 17.7 Å². The van der Waals surface area contributed by atoms with Crippen LogP contribution >= 0.6 is 23.5 Å². The molecular weight excluding hydrogens is 444 g/mol. The minimum atomic E-state index is -1.47. The number of aliphatic hydroxyl groups excluding tert-OH is 1. The maximum atomic E-state index is 12.9. The number of carboxylic acid groups (broad SMARTS) is 1. The topological polar surface area (TPSA) is 171 Å². The van der Waals surface area contributed by atoms with Crippen molar-refractivity contribution >= 4 is 47.2 Å². The van der Waals surface area contributed by atoms with Gasteiger partial charge in [-0.15, -0.1) is 0 Å². The number of hydrogen-bond acceptors (Lipinski definition) is 8. The lowest BCUT2D eigenvalue weighted by molar-refractivity contribution is -0.143. The molecule has 0 aliphatic carbocycles. The molecule has 0 aliphatic rings. The van der Waals surface area contributed by atoms with E-state index in [1.807, 2.05) is 26.4 Å². The summed E-state index contributed by atoms with van der Waals surface area (Å²) in [5.74, 6) is -2.00. The standard InChI is InChI=1S/C19H36N4O6S2/c1-5-11(2)15(20)18(27)22-13(7-9-31-4)16(25)21-12(6-8-30-3)17(26)23-14(10-24)19(28)29/h11-15,24H,5-10,20H2,1-4H3,(H,21,25)(H,22,27)(H,23,26)(H,28,29). The molecule has 0 saturated heterocycles. The molecule has 0 saturated carbocycles. The van der Waals surface area contributed by atoms with E-state index in [0.29, 0.717) is 24.3 Å². The van der Waals surface area contributed by atoms with E-state index in [4.69, 9.17) is 15.9 Å². The molecule has 0 aromatic rings. The van der Waals surface area contributed by atoms with Crippen LogP contribution in [0.2, 0.25) is 0 Å². The van der Waals surface area contributed by atoms with Crippen LogP contribution in [0.1, 0.15) is 33.1 Å². The van der Waals surface area contributed by atoms with Crippen molar-refractivity contribution in [2.24, 2.45) is 11.7 Å². The Morgan fingerprint density at radius 2 is 1.29 bits per heavy atom. The summed E-state index contributed by atoms with van der Waals surface area (Å²) in [7, 11) is 0. The van der Waals surface area contributed by atoms with Gasteiger partial charge in [-0.05, 0) is 42.8 Å². The third-order valence-corrected chi connectivity index (χ3v) is 6.13. The summed E-state index contributed by atoms with van der Waals surface area (Å²) < 4.78 is 0. The fourth-order valence-corrected chi connectivity index (χ4v) is 3.46. The molecule has 0 aromatic carbocycles. The Morgan fingerprint density at radius 1 is 0.871 bits per heavy atom. The van der Waals surface area contributed by atoms with Gasteiger partial charge in [0.25, 0.3) is 0 Å². The molecule has 10 nitrogen and oxygen atoms in total. The number of carbonyl (C=O) groups is 4. The lowest BCUT2D eigenvalue weighted by Gasteiger charge is -2.25. The maximum Gasteiger partial charge on any atom is 0.328 e. The van der Waals surface area contributed by atoms with Crippen LogP contribution in [0.3, 0.4) is 0 Å². The van der Waals surface area contributed by atoms with Crippen molar-refractivity contribution < 1.29 is 29.4 Å². The van der Waals surface area contributed by atoms with Crippen LogP contribution in [-0.2, 0) is 19.2 Å². The van der Waals surface area contributed by atoms with Gasteiger partial charge in [-0.1, -0.05) is 20.3 Å². The van der Waals surface area contributed by atoms with Gasteiger partial charge in [0.1, 0.15) is 18.1 Å². The summed E-state index contributed by atoms with van der Waals surface area (Å²) in [5.41, 5.74) is 5.97. The van der Waals surface area contributed by atoms with Crippen LogP contribution in [-0.4, -0.2) is 88.7 Å². The van der Waals surface area contributed by atoms with E-state index in [2.05, 4.69) is 16.0 Å². The van der Waals surface area contributed by atoms with Gasteiger partial charge in [0.15, 0.2) is 0 Å². The van der Waals surface area contributed by atoms with E-state index < -0.39 is 54.5 Å². The highest BCUT2D eigenvalue weighted by Gasteiger charge is 2.30. The first-order valence-corrected chi connectivity index (χ1v) is 12.9.